The van der Waals surface area contributed by atoms with Gasteiger partial charge in [-0.2, -0.15) is 0 Å². The highest BCUT2D eigenvalue weighted by Crippen LogP contribution is 2.23. The van der Waals surface area contributed by atoms with Gasteiger partial charge in [-0.3, -0.25) is 4.79 Å². The van der Waals surface area contributed by atoms with Crippen LogP contribution in [0.2, 0.25) is 0 Å². The van der Waals surface area contributed by atoms with Crippen molar-refractivity contribution in [2.45, 2.75) is 20.0 Å². The van der Waals surface area contributed by atoms with E-state index in [0.29, 0.717) is 25.3 Å². The summed E-state index contributed by atoms with van der Waals surface area (Å²) >= 11 is 0. The maximum absolute atomic E-state index is 12.6. The third-order valence-electron chi connectivity index (χ3n) is 4.98. The Hall–Kier alpha value is -2.87. The van der Waals surface area contributed by atoms with E-state index in [2.05, 4.69) is 19.8 Å². The number of nitrogens with zero attached hydrogens (tertiary/aromatic N) is 5. The largest absolute Gasteiger partial charge is 0.378 e. The molecule has 1 aliphatic heterocycles. The molecule has 2 aromatic heterocycles. The number of morpholine rings is 1. The number of imidazole rings is 2. The fourth-order valence-corrected chi connectivity index (χ4v) is 3.43. The topological polar surface area (TPSA) is 77.2 Å². The highest BCUT2D eigenvalue weighted by Gasteiger charge is 2.18. The van der Waals surface area contributed by atoms with E-state index >= 15 is 0 Å². The molecule has 3 aromatic rings. The second-order valence-corrected chi connectivity index (χ2v) is 6.63. The van der Waals surface area contributed by atoms with Gasteiger partial charge in [-0.05, 0) is 25.1 Å². The predicted molar refractivity (Wildman–Crippen MR) is 103 cm³/mol. The van der Waals surface area contributed by atoms with E-state index in [9.17, 15) is 4.79 Å². The van der Waals surface area contributed by atoms with Gasteiger partial charge in [0, 0.05) is 38.4 Å². The molecule has 0 aliphatic carbocycles. The lowest BCUT2D eigenvalue weighted by Crippen LogP contribution is -2.37. The minimum absolute atomic E-state index is 0.112. The number of carbonyl (C=O) groups excluding carboxylic acids is 1. The van der Waals surface area contributed by atoms with Crippen LogP contribution in [0.25, 0.3) is 11.0 Å². The van der Waals surface area contributed by atoms with Gasteiger partial charge in [0.1, 0.15) is 0 Å². The van der Waals surface area contributed by atoms with E-state index in [1.807, 2.05) is 36.7 Å². The molecule has 27 heavy (non-hydrogen) atoms. The number of hydrogen-bond donors (Lipinski definition) is 1. The fourth-order valence-electron chi connectivity index (χ4n) is 3.43. The molecule has 4 rings (SSSR count). The molecule has 0 bridgehead atoms. The van der Waals surface area contributed by atoms with E-state index in [-0.39, 0.29) is 5.91 Å². The van der Waals surface area contributed by atoms with Crippen molar-refractivity contribution in [3.63, 3.8) is 0 Å². The van der Waals surface area contributed by atoms with Gasteiger partial charge in [0.25, 0.3) is 5.91 Å². The first-order valence-electron chi connectivity index (χ1n) is 9.23. The third-order valence-corrected chi connectivity index (χ3v) is 4.98. The molecule has 0 spiro atoms. The summed E-state index contributed by atoms with van der Waals surface area (Å²) < 4.78 is 9.50. The van der Waals surface area contributed by atoms with Gasteiger partial charge in [-0.1, -0.05) is 0 Å². The quantitative estimate of drug-likeness (QED) is 0.739. The van der Waals surface area contributed by atoms with Crippen LogP contribution in [-0.4, -0.2) is 51.3 Å². The molecular weight excluding hydrogens is 344 g/mol. The van der Waals surface area contributed by atoms with Crippen LogP contribution < -0.4 is 10.2 Å². The second-order valence-electron chi connectivity index (χ2n) is 6.63. The number of ether oxygens (including phenoxy) is 1. The number of carbonyl (C=O) groups is 1. The summed E-state index contributed by atoms with van der Waals surface area (Å²) in [6, 6.07) is 5.66. The van der Waals surface area contributed by atoms with Crippen molar-refractivity contribution in [3.05, 3.63) is 42.0 Å². The van der Waals surface area contributed by atoms with Gasteiger partial charge in [-0.25, -0.2) is 9.97 Å². The molecule has 1 saturated heterocycles. The average Bonchev–Trinajstić information content (AvgIpc) is 3.30. The fraction of sp³-hybridized carbons (Fsp3) is 0.421. The molecule has 1 N–H and O–H groups in total. The lowest BCUT2D eigenvalue weighted by molar-refractivity contribution is 0.0950. The van der Waals surface area contributed by atoms with Crippen LogP contribution >= 0.6 is 0 Å². The van der Waals surface area contributed by atoms with Gasteiger partial charge in [0.15, 0.2) is 0 Å². The van der Waals surface area contributed by atoms with Crippen molar-refractivity contribution in [1.29, 1.82) is 0 Å². The Balaban J connectivity index is 1.53. The Morgan fingerprint density at radius 1 is 1.30 bits per heavy atom. The highest BCUT2D eigenvalue weighted by atomic mass is 16.5. The molecule has 142 valence electrons. The van der Waals surface area contributed by atoms with Crippen molar-refractivity contribution in [1.82, 2.24) is 24.4 Å². The van der Waals surface area contributed by atoms with Gasteiger partial charge >= 0.3 is 0 Å². The number of aromatic nitrogens is 4. The van der Waals surface area contributed by atoms with Crippen molar-refractivity contribution in [2.24, 2.45) is 7.05 Å². The molecule has 1 fully saturated rings. The number of anilines is 1. The van der Waals surface area contributed by atoms with Crippen LogP contribution in [0.15, 0.2) is 30.7 Å². The summed E-state index contributed by atoms with van der Waals surface area (Å²) in [5.74, 6) is 0.803. The number of benzene rings is 1. The van der Waals surface area contributed by atoms with Crippen LogP contribution in [-0.2, 0) is 24.9 Å². The number of nitrogens with one attached hydrogen (secondary N) is 1. The molecule has 1 amide bonds. The molecule has 0 unspecified atom stereocenters. The minimum atomic E-state index is -0.112. The summed E-state index contributed by atoms with van der Waals surface area (Å²) in [7, 11) is 2.01. The molecule has 0 radical (unpaired) electrons. The molecule has 0 saturated carbocycles. The number of aryl methyl sites for hydroxylation is 2. The molecule has 0 atom stereocenters. The Labute approximate surface area is 157 Å². The number of fused-ring (bicyclic) bond motifs is 1. The van der Waals surface area contributed by atoms with Crippen LogP contribution in [0.1, 0.15) is 23.0 Å². The highest BCUT2D eigenvalue weighted by molar-refractivity contribution is 5.97. The summed E-state index contributed by atoms with van der Waals surface area (Å²) in [6.07, 6.45) is 3.55. The molecule has 3 heterocycles. The summed E-state index contributed by atoms with van der Waals surface area (Å²) in [5, 5.41) is 2.96. The third kappa shape index (κ3) is 3.40. The van der Waals surface area contributed by atoms with Gasteiger partial charge < -0.3 is 24.1 Å². The SMILES string of the molecule is CCn1cncc1CNC(=O)c1ccc2c(c1)nc(N1CCOCC1)n2C. The first-order chi connectivity index (χ1) is 13.2. The maximum Gasteiger partial charge on any atom is 0.251 e. The zero-order valence-corrected chi connectivity index (χ0v) is 15.7. The summed E-state index contributed by atoms with van der Waals surface area (Å²) in [5.41, 5.74) is 3.43. The Morgan fingerprint density at radius 2 is 2.11 bits per heavy atom. The minimum Gasteiger partial charge on any atom is -0.378 e. The Bertz CT molecular complexity index is 954. The van der Waals surface area contributed by atoms with Gasteiger partial charge in [-0.15, -0.1) is 0 Å². The van der Waals surface area contributed by atoms with E-state index < -0.39 is 0 Å². The molecule has 8 nitrogen and oxygen atoms in total. The number of amides is 1. The zero-order valence-electron chi connectivity index (χ0n) is 15.7. The number of rotatable bonds is 5. The smallest absolute Gasteiger partial charge is 0.251 e. The van der Waals surface area contributed by atoms with Crippen LogP contribution in [0.4, 0.5) is 5.95 Å². The first kappa shape index (κ1) is 17.5. The van der Waals surface area contributed by atoms with Crippen LogP contribution in [0.3, 0.4) is 0 Å². The van der Waals surface area contributed by atoms with Gasteiger partial charge in [0.05, 0.1) is 42.8 Å². The normalized spacial score (nSPS) is 14.7. The monoisotopic (exact) mass is 368 g/mol. The summed E-state index contributed by atoms with van der Waals surface area (Å²) in [4.78, 5) is 23.7. The van der Waals surface area contributed by atoms with E-state index in [0.717, 1.165) is 42.3 Å². The lowest BCUT2D eigenvalue weighted by atomic mass is 10.2. The van der Waals surface area contributed by atoms with E-state index in [1.165, 1.54) is 0 Å². The maximum atomic E-state index is 12.6. The van der Waals surface area contributed by atoms with Crippen molar-refractivity contribution in [3.8, 4) is 0 Å². The molecule has 8 heteroatoms. The van der Waals surface area contributed by atoms with Crippen molar-refractivity contribution < 1.29 is 9.53 Å². The molecule has 1 aliphatic rings. The molecular formula is C19H24N6O2. The Kier molecular flexibility index (Phi) is 4.81. The Morgan fingerprint density at radius 3 is 2.89 bits per heavy atom. The van der Waals surface area contributed by atoms with Gasteiger partial charge in [0.2, 0.25) is 5.95 Å². The van der Waals surface area contributed by atoms with Crippen molar-refractivity contribution >= 4 is 22.9 Å². The van der Waals surface area contributed by atoms with Crippen LogP contribution in [0.5, 0.6) is 0 Å². The standard InChI is InChI=1S/C19H24N6O2/c1-3-24-13-20-11-15(24)12-21-18(26)14-4-5-17-16(10-14)22-19(23(17)2)25-6-8-27-9-7-25/h4-5,10-11,13H,3,6-9,12H2,1-2H3,(H,21,26). The average molecular weight is 368 g/mol. The van der Waals surface area contributed by atoms with Crippen LogP contribution in [0, 0.1) is 0 Å². The zero-order chi connectivity index (χ0) is 18.8. The number of hydrogen-bond acceptors (Lipinski definition) is 5. The van der Waals surface area contributed by atoms with Crippen molar-refractivity contribution in [2.75, 3.05) is 31.2 Å². The first-order valence-corrected chi connectivity index (χ1v) is 9.23. The summed E-state index contributed by atoms with van der Waals surface area (Å²) in [6.45, 7) is 6.41. The molecule has 1 aromatic carbocycles. The lowest BCUT2D eigenvalue weighted by Gasteiger charge is -2.27. The second kappa shape index (κ2) is 7.40. The predicted octanol–water partition coefficient (Wildman–Crippen LogP) is 1.56. The van der Waals surface area contributed by atoms with E-state index in [4.69, 9.17) is 9.72 Å². The van der Waals surface area contributed by atoms with E-state index in [1.54, 1.807) is 12.5 Å².